The fourth-order valence-electron chi connectivity index (χ4n) is 4.47. The molecule has 0 bridgehead atoms. The molecule has 0 aliphatic carbocycles. The van der Waals surface area contributed by atoms with E-state index >= 15 is 0 Å². The second-order valence-corrected chi connectivity index (χ2v) is 11.4. The number of hydrogen-bond acceptors (Lipinski definition) is 7. The molecule has 0 saturated heterocycles. The van der Waals surface area contributed by atoms with Crippen LogP contribution in [0.2, 0.25) is 0 Å². The minimum absolute atomic E-state index is 0.0665. The number of aromatic nitrogens is 1. The van der Waals surface area contributed by atoms with E-state index in [4.69, 9.17) is 4.52 Å². The summed E-state index contributed by atoms with van der Waals surface area (Å²) in [6.45, 7) is 6.65. The lowest BCUT2D eigenvalue weighted by Crippen LogP contribution is -2.53. The third-order valence-corrected chi connectivity index (χ3v) is 8.01. The maximum Gasteiger partial charge on any atom is 0.272 e. The van der Waals surface area contributed by atoms with Crippen LogP contribution < -0.4 is 14.9 Å². The molecular formula is C27H30FN5O5S. The Hall–Kier alpha value is -3.90. The summed E-state index contributed by atoms with van der Waals surface area (Å²) in [6, 6.07) is 11.5. The predicted octanol–water partition coefficient (Wildman–Crippen LogP) is 3.08. The Morgan fingerprint density at radius 1 is 1.13 bits per heavy atom. The fourth-order valence-corrected chi connectivity index (χ4v) is 6.01. The second kappa shape index (κ2) is 11.1. The maximum absolute atomic E-state index is 13.7. The molecule has 0 radical (unpaired) electrons. The van der Waals surface area contributed by atoms with Crippen LogP contribution in [0.4, 0.5) is 10.1 Å². The highest BCUT2D eigenvalue weighted by Crippen LogP contribution is 2.27. The van der Waals surface area contributed by atoms with Gasteiger partial charge >= 0.3 is 0 Å². The molecule has 2 atom stereocenters. The first kappa shape index (κ1) is 28.1. The van der Waals surface area contributed by atoms with Crippen molar-refractivity contribution in [2.45, 2.75) is 51.2 Å². The molecule has 3 aromatic rings. The number of benzodiazepines with no additional fused rings is 1. The molecule has 206 valence electrons. The molecule has 1 aliphatic rings. The van der Waals surface area contributed by atoms with Crippen molar-refractivity contribution in [2.75, 3.05) is 11.9 Å². The van der Waals surface area contributed by atoms with Gasteiger partial charge in [0.05, 0.1) is 11.4 Å². The normalized spacial score (nSPS) is 16.5. The van der Waals surface area contributed by atoms with Crippen molar-refractivity contribution in [1.29, 1.82) is 0 Å². The van der Waals surface area contributed by atoms with Gasteiger partial charge in [-0.2, -0.15) is 4.72 Å². The molecule has 4 rings (SSSR count). The lowest BCUT2D eigenvalue weighted by molar-refractivity contribution is -0.128. The van der Waals surface area contributed by atoms with Crippen LogP contribution in [-0.4, -0.2) is 50.4 Å². The number of amides is 2. The first-order valence-electron chi connectivity index (χ1n) is 12.3. The quantitative estimate of drug-likeness (QED) is 0.439. The molecule has 2 amide bonds. The van der Waals surface area contributed by atoms with Crippen LogP contribution in [-0.2, 0) is 19.6 Å². The van der Waals surface area contributed by atoms with E-state index in [0.29, 0.717) is 22.5 Å². The van der Waals surface area contributed by atoms with Gasteiger partial charge in [-0.05, 0) is 56.5 Å². The summed E-state index contributed by atoms with van der Waals surface area (Å²) in [5.41, 5.74) is 2.26. The molecule has 0 spiro atoms. The van der Waals surface area contributed by atoms with Gasteiger partial charge in [0.2, 0.25) is 22.1 Å². The number of benzene rings is 2. The monoisotopic (exact) mass is 555 g/mol. The Kier molecular flexibility index (Phi) is 7.98. The number of carbonyl (C=O) groups is 2. The predicted molar refractivity (Wildman–Crippen MR) is 143 cm³/mol. The minimum atomic E-state index is -4.18. The molecule has 0 saturated carbocycles. The summed E-state index contributed by atoms with van der Waals surface area (Å²) in [5.74, 6) is -1.65. The second-order valence-electron chi connectivity index (χ2n) is 9.77. The minimum Gasteiger partial charge on any atom is -0.360 e. The van der Waals surface area contributed by atoms with E-state index in [1.807, 2.05) is 13.8 Å². The van der Waals surface area contributed by atoms with Crippen LogP contribution in [0, 0.1) is 25.6 Å². The summed E-state index contributed by atoms with van der Waals surface area (Å²) >= 11 is 0. The van der Waals surface area contributed by atoms with Gasteiger partial charge in [-0.25, -0.2) is 17.8 Å². The van der Waals surface area contributed by atoms with Gasteiger partial charge in [0, 0.05) is 18.2 Å². The molecule has 2 N–H and O–H groups in total. The number of sulfonamides is 1. The summed E-state index contributed by atoms with van der Waals surface area (Å²) in [7, 11) is -2.61. The number of hydrogen-bond donors (Lipinski definition) is 2. The molecule has 1 aliphatic heterocycles. The number of likely N-dealkylation sites (N-methyl/N-ethyl adjacent to an activating group) is 1. The zero-order valence-corrected chi connectivity index (χ0v) is 23.0. The van der Waals surface area contributed by atoms with Crippen molar-refractivity contribution in [3.05, 3.63) is 76.9 Å². The fraction of sp³-hybridized carbons (Fsp3) is 0.333. The van der Waals surface area contributed by atoms with Gasteiger partial charge < -0.3 is 14.7 Å². The number of fused-ring (bicyclic) bond motifs is 1. The smallest absolute Gasteiger partial charge is 0.272 e. The van der Waals surface area contributed by atoms with Gasteiger partial charge in [-0.15, -0.1) is 0 Å². The zero-order chi connectivity index (χ0) is 28.5. The highest BCUT2D eigenvalue weighted by molar-refractivity contribution is 7.89. The molecule has 2 unspecified atom stereocenters. The summed E-state index contributed by atoms with van der Waals surface area (Å²) < 4.78 is 47.5. The SMILES string of the molecule is Cc1noc(C)c1S(=O)(=O)NC(CC(C)C)C(=O)NC1N=C(c2ccc(F)cc2)c2ccccc2N(C)C1=O. The molecule has 0 fully saturated rings. The Labute approximate surface area is 226 Å². The Morgan fingerprint density at radius 2 is 1.79 bits per heavy atom. The zero-order valence-electron chi connectivity index (χ0n) is 22.2. The molecule has 2 heterocycles. The first-order chi connectivity index (χ1) is 18.4. The van der Waals surface area contributed by atoms with E-state index in [9.17, 15) is 22.4 Å². The van der Waals surface area contributed by atoms with E-state index in [1.54, 1.807) is 43.4 Å². The largest absolute Gasteiger partial charge is 0.360 e. The number of aliphatic imine (C=N–C) groups is 1. The van der Waals surface area contributed by atoms with Crippen LogP contribution in [0.25, 0.3) is 0 Å². The maximum atomic E-state index is 13.7. The molecule has 12 heteroatoms. The molecule has 1 aromatic heterocycles. The van der Waals surface area contributed by atoms with Crippen molar-refractivity contribution < 1.29 is 26.9 Å². The van der Waals surface area contributed by atoms with E-state index in [0.717, 1.165) is 0 Å². The lowest BCUT2D eigenvalue weighted by atomic mass is 10.0. The van der Waals surface area contributed by atoms with Crippen molar-refractivity contribution in [3.8, 4) is 0 Å². The average molecular weight is 556 g/mol. The molecule has 2 aromatic carbocycles. The number of rotatable bonds is 8. The summed E-state index contributed by atoms with van der Waals surface area (Å²) in [6.07, 6.45) is -1.21. The number of nitrogens with one attached hydrogen (secondary N) is 2. The van der Waals surface area contributed by atoms with Gasteiger partial charge in [-0.3, -0.25) is 9.59 Å². The van der Waals surface area contributed by atoms with Crippen LogP contribution in [0.3, 0.4) is 0 Å². The number of nitrogens with zero attached hydrogens (tertiary/aromatic N) is 3. The number of carbonyl (C=O) groups excluding carboxylic acids is 2. The lowest BCUT2D eigenvalue weighted by Gasteiger charge is -2.24. The Balaban J connectivity index is 1.71. The van der Waals surface area contributed by atoms with E-state index < -0.39 is 39.9 Å². The van der Waals surface area contributed by atoms with Crippen LogP contribution >= 0.6 is 0 Å². The average Bonchev–Trinajstić information content (AvgIpc) is 3.19. The molecular weight excluding hydrogens is 525 g/mol. The number of para-hydroxylation sites is 1. The highest BCUT2D eigenvalue weighted by atomic mass is 32.2. The Morgan fingerprint density at radius 3 is 2.41 bits per heavy atom. The van der Waals surface area contributed by atoms with Gasteiger partial charge in [0.1, 0.15) is 22.4 Å². The van der Waals surface area contributed by atoms with Crippen LogP contribution in [0.1, 0.15) is 42.8 Å². The standard InChI is InChI=1S/C27H30FN5O5S/c1-15(2)14-21(32-39(36,37)24-16(3)31-38-17(24)4)26(34)30-25-27(35)33(5)22-9-7-6-8-20(22)23(29-25)18-10-12-19(28)13-11-18/h6-13,15,21,25,32H,14H2,1-5H3,(H,30,34). The number of anilines is 1. The van der Waals surface area contributed by atoms with Gasteiger partial charge in [0.15, 0.2) is 5.76 Å². The molecule has 39 heavy (non-hydrogen) atoms. The van der Waals surface area contributed by atoms with Crippen molar-refractivity contribution in [3.63, 3.8) is 0 Å². The van der Waals surface area contributed by atoms with Crippen molar-refractivity contribution in [1.82, 2.24) is 15.2 Å². The van der Waals surface area contributed by atoms with E-state index in [-0.39, 0.29) is 28.7 Å². The van der Waals surface area contributed by atoms with Gasteiger partial charge in [-0.1, -0.05) is 37.2 Å². The van der Waals surface area contributed by atoms with E-state index in [1.165, 1.54) is 30.9 Å². The topological polar surface area (TPSA) is 134 Å². The molecule has 10 nitrogen and oxygen atoms in total. The van der Waals surface area contributed by atoms with Crippen molar-refractivity contribution >= 4 is 33.2 Å². The highest BCUT2D eigenvalue weighted by Gasteiger charge is 2.35. The number of aryl methyl sites for hydroxylation is 2. The van der Waals surface area contributed by atoms with Crippen molar-refractivity contribution in [2.24, 2.45) is 10.9 Å². The third kappa shape index (κ3) is 5.91. The van der Waals surface area contributed by atoms with E-state index in [2.05, 4.69) is 20.2 Å². The number of halogens is 1. The van der Waals surface area contributed by atoms with Crippen LogP contribution in [0.5, 0.6) is 0 Å². The summed E-state index contributed by atoms with van der Waals surface area (Å²) in [5, 5.41) is 6.32. The van der Waals surface area contributed by atoms with Crippen LogP contribution in [0.15, 0.2) is 62.9 Å². The summed E-state index contributed by atoms with van der Waals surface area (Å²) in [4.78, 5) is 32.8. The third-order valence-electron chi connectivity index (χ3n) is 6.30. The Bertz CT molecular complexity index is 1510. The first-order valence-corrected chi connectivity index (χ1v) is 13.8. The van der Waals surface area contributed by atoms with Gasteiger partial charge in [0.25, 0.3) is 5.91 Å².